The van der Waals surface area contributed by atoms with Gasteiger partial charge in [0.15, 0.2) is 11.6 Å². The number of aromatic nitrogens is 1. The van der Waals surface area contributed by atoms with E-state index in [1.165, 1.54) is 24.1 Å². The molecule has 36 heavy (non-hydrogen) atoms. The Morgan fingerprint density at radius 2 is 1.86 bits per heavy atom. The van der Waals surface area contributed by atoms with E-state index in [4.69, 9.17) is 14.5 Å². The molecule has 2 aromatic carbocycles. The van der Waals surface area contributed by atoms with E-state index in [-0.39, 0.29) is 31.0 Å². The Balaban J connectivity index is 1.66. The van der Waals surface area contributed by atoms with Crippen molar-refractivity contribution < 1.29 is 42.3 Å². The number of fused-ring (bicyclic) bond motifs is 1. The monoisotopic (exact) mass is 525 g/mol. The molecule has 3 rings (SSSR count). The third-order valence-electron chi connectivity index (χ3n) is 5.32. The average Bonchev–Trinajstić information content (AvgIpc) is 2.82. The van der Waals surface area contributed by atoms with Crippen LogP contribution in [-0.2, 0) is 20.4 Å². The summed E-state index contributed by atoms with van der Waals surface area (Å²) >= 11 is 0. The smallest absolute Gasteiger partial charge is 0.448 e. The summed E-state index contributed by atoms with van der Waals surface area (Å²) in [7, 11) is -3.27. The lowest BCUT2D eigenvalue weighted by Gasteiger charge is -2.29. The second-order valence-corrected chi connectivity index (χ2v) is 9.34. The van der Waals surface area contributed by atoms with Gasteiger partial charge < -0.3 is 19.6 Å². The molecule has 0 spiro atoms. The van der Waals surface area contributed by atoms with Crippen LogP contribution in [0.15, 0.2) is 54.7 Å². The predicted octanol–water partition coefficient (Wildman–Crippen LogP) is 3.42. The number of carbonyl (C=O) groups excluding carboxylic acids is 1. The van der Waals surface area contributed by atoms with Gasteiger partial charge in [0, 0.05) is 29.7 Å². The lowest BCUT2D eigenvalue weighted by molar-refractivity contribution is 0.0361. The molecule has 2 atom stereocenters. The molecular formula is C23H26F2N3O7P. The van der Waals surface area contributed by atoms with Crippen molar-refractivity contribution in [3.63, 3.8) is 0 Å². The van der Waals surface area contributed by atoms with Gasteiger partial charge in [-0.2, -0.15) is 0 Å². The van der Waals surface area contributed by atoms with Crippen molar-refractivity contribution in [1.29, 1.82) is 0 Å². The molecule has 0 aliphatic heterocycles. The number of benzene rings is 2. The second-order valence-electron chi connectivity index (χ2n) is 8.10. The minimum Gasteiger partial charge on any atom is -0.448 e. The molecule has 0 fully saturated rings. The van der Waals surface area contributed by atoms with Gasteiger partial charge >= 0.3 is 13.9 Å². The first kappa shape index (κ1) is 27.6. The van der Waals surface area contributed by atoms with E-state index >= 15 is 0 Å². The van der Waals surface area contributed by atoms with Crippen molar-refractivity contribution in [3.05, 3.63) is 71.9 Å². The number of rotatable bonds is 11. The Kier molecular flexibility index (Phi) is 9.43. The quantitative estimate of drug-likeness (QED) is 0.277. The maximum absolute atomic E-state index is 14.1. The van der Waals surface area contributed by atoms with Crippen molar-refractivity contribution in [3.8, 4) is 0 Å². The number of ether oxygens (including phenoxy) is 1. The van der Waals surface area contributed by atoms with E-state index < -0.39 is 44.3 Å². The van der Waals surface area contributed by atoms with E-state index in [1.807, 2.05) is 24.3 Å². The van der Waals surface area contributed by atoms with E-state index in [2.05, 4.69) is 14.8 Å². The standard InChI is InChI=1S/C23H26F2N3O7P/c1-28(12-17-7-4-8-20(24)22(17)25)18(10-19(29)14-35-36(31,32)33)13-34-23(30)27-21-9-15-5-2-3-6-16(15)11-26-21/h2-9,11,18-19,29H,10,12-14H2,1H3,(H,26,27,30)(H2,31,32,33)/t18-,19-/m0/s1. The van der Waals surface area contributed by atoms with E-state index in [0.29, 0.717) is 0 Å². The maximum Gasteiger partial charge on any atom is 0.469 e. The summed E-state index contributed by atoms with van der Waals surface area (Å²) in [4.78, 5) is 35.7. The number of aliphatic hydroxyl groups excluding tert-OH is 1. The van der Waals surface area contributed by atoms with Crippen LogP contribution in [0.5, 0.6) is 0 Å². The summed E-state index contributed by atoms with van der Waals surface area (Å²) in [5, 5.41) is 14.4. The van der Waals surface area contributed by atoms with Gasteiger partial charge in [0.2, 0.25) is 0 Å². The second kappa shape index (κ2) is 12.3. The fraction of sp³-hybridized carbons (Fsp3) is 0.304. The molecule has 3 aromatic rings. The molecule has 10 nitrogen and oxygen atoms in total. The number of anilines is 1. The first-order chi connectivity index (χ1) is 17.0. The number of nitrogens with one attached hydrogen (secondary N) is 1. The number of hydrogen-bond donors (Lipinski definition) is 4. The molecule has 1 amide bonds. The number of aliphatic hydroxyl groups is 1. The Bertz CT molecular complexity index is 1240. The molecule has 0 aliphatic carbocycles. The summed E-state index contributed by atoms with van der Waals surface area (Å²) in [6.07, 6.45) is -0.758. The van der Waals surface area contributed by atoms with Crippen LogP contribution in [0.2, 0.25) is 0 Å². The van der Waals surface area contributed by atoms with E-state index in [0.717, 1.165) is 16.8 Å². The highest BCUT2D eigenvalue weighted by Gasteiger charge is 2.25. The number of phosphoric ester groups is 1. The lowest BCUT2D eigenvalue weighted by atomic mass is 10.1. The van der Waals surface area contributed by atoms with Crippen molar-refractivity contribution in [2.45, 2.75) is 25.1 Å². The molecule has 0 aliphatic rings. The Morgan fingerprint density at radius 3 is 2.58 bits per heavy atom. The zero-order chi connectivity index (χ0) is 26.3. The van der Waals surface area contributed by atoms with Gasteiger partial charge in [-0.05, 0) is 31.0 Å². The van der Waals surface area contributed by atoms with Gasteiger partial charge in [-0.1, -0.05) is 36.4 Å². The summed E-state index contributed by atoms with van der Waals surface area (Å²) in [6.45, 7) is -1.08. The molecule has 0 saturated carbocycles. The third-order valence-corrected chi connectivity index (χ3v) is 5.81. The number of likely N-dealkylation sites (N-methyl/N-ethyl adjacent to an activating group) is 1. The van der Waals surface area contributed by atoms with Gasteiger partial charge in [-0.25, -0.2) is 23.1 Å². The SMILES string of the molecule is CN(Cc1cccc(F)c1F)[C@H](COC(=O)Nc1cc2ccccc2cn1)C[C@H](O)COP(=O)(O)O. The van der Waals surface area contributed by atoms with Gasteiger partial charge in [0.1, 0.15) is 12.4 Å². The molecule has 1 aromatic heterocycles. The molecule has 194 valence electrons. The van der Waals surface area contributed by atoms with Crippen LogP contribution < -0.4 is 5.32 Å². The van der Waals surface area contributed by atoms with Gasteiger partial charge in [-0.15, -0.1) is 0 Å². The molecule has 4 N–H and O–H groups in total. The van der Waals surface area contributed by atoms with E-state index in [9.17, 15) is 23.2 Å². The van der Waals surface area contributed by atoms with E-state index in [1.54, 1.807) is 12.3 Å². The molecule has 0 saturated heterocycles. The van der Waals surface area contributed by atoms with Crippen LogP contribution in [0, 0.1) is 11.6 Å². The first-order valence-corrected chi connectivity index (χ1v) is 12.3. The summed E-state index contributed by atoms with van der Waals surface area (Å²) in [6, 6.07) is 12.0. The lowest BCUT2D eigenvalue weighted by Crippen LogP contribution is -2.40. The minimum atomic E-state index is -4.81. The number of amides is 1. The van der Waals surface area contributed by atoms with Crippen LogP contribution in [0.25, 0.3) is 10.8 Å². The fourth-order valence-electron chi connectivity index (χ4n) is 3.47. The van der Waals surface area contributed by atoms with Crippen molar-refractivity contribution in [2.75, 3.05) is 25.6 Å². The summed E-state index contributed by atoms with van der Waals surface area (Å²) in [5.41, 5.74) is 0.0354. The number of nitrogens with zero attached hydrogens (tertiary/aromatic N) is 2. The summed E-state index contributed by atoms with van der Waals surface area (Å²) < 4.78 is 48.3. The Morgan fingerprint density at radius 1 is 1.14 bits per heavy atom. The highest BCUT2D eigenvalue weighted by Crippen LogP contribution is 2.36. The first-order valence-electron chi connectivity index (χ1n) is 10.8. The number of phosphoric acid groups is 1. The highest BCUT2D eigenvalue weighted by molar-refractivity contribution is 7.46. The van der Waals surface area contributed by atoms with Crippen LogP contribution >= 0.6 is 7.82 Å². The summed E-state index contributed by atoms with van der Waals surface area (Å²) in [5.74, 6) is -1.80. The van der Waals surface area contributed by atoms with Gasteiger partial charge in [-0.3, -0.25) is 14.7 Å². The van der Waals surface area contributed by atoms with Crippen LogP contribution in [0.3, 0.4) is 0 Å². The van der Waals surface area contributed by atoms with Gasteiger partial charge in [0.05, 0.1) is 12.7 Å². The zero-order valence-corrected chi connectivity index (χ0v) is 20.1. The van der Waals surface area contributed by atoms with Crippen LogP contribution in [0.4, 0.5) is 19.4 Å². The fourth-order valence-corrected chi connectivity index (χ4v) is 3.84. The average molecular weight is 525 g/mol. The zero-order valence-electron chi connectivity index (χ0n) is 19.3. The molecule has 0 radical (unpaired) electrons. The van der Waals surface area contributed by atoms with Crippen molar-refractivity contribution in [2.24, 2.45) is 0 Å². The predicted molar refractivity (Wildman–Crippen MR) is 127 cm³/mol. The number of carbonyl (C=O) groups is 1. The highest BCUT2D eigenvalue weighted by atomic mass is 31.2. The Hall–Kier alpha value is -2.99. The molecule has 0 bridgehead atoms. The van der Waals surface area contributed by atoms with Gasteiger partial charge in [0.25, 0.3) is 0 Å². The topological polar surface area (TPSA) is 141 Å². The number of pyridine rings is 1. The number of hydrogen-bond acceptors (Lipinski definition) is 7. The third kappa shape index (κ3) is 8.30. The maximum atomic E-state index is 14.1. The molecular weight excluding hydrogens is 499 g/mol. The number of halogens is 2. The Labute approximate surface area is 205 Å². The van der Waals surface area contributed by atoms with Crippen LogP contribution in [0.1, 0.15) is 12.0 Å². The minimum absolute atomic E-state index is 0.0354. The molecule has 0 unspecified atom stereocenters. The van der Waals surface area contributed by atoms with Crippen LogP contribution in [-0.4, -0.2) is 63.3 Å². The molecule has 13 heteroatoms. The largest absolute Gasteiger partial charge is 0.469 e. The van der Waals surface area contributed by atoms with Crippen molar-refractivity contribution >= 4 is 30.5 Å². The molecule has 1 heterocycles. The van der Waals surface area contributed by atoms with Crippen molar-refractivity contribution in [1.82, 2.24) is 9.88 Å². The normalized spacial score (nSPS) is 13.5.